The van der Waals surface area contributed by atoms with Crippen LogP contribution in [0.2, 0.25) is 0 Å². The van der Waals surface area contributed by atoms with Crippen LogP contribution in [0.3, 0.4) is 0 Å². The molecular formula is C6H12O6. The van der Waals surface area contributed by atoms with E-state index in [1.807, 2.05) is 0 Å². The Morgan fingerprint density at radius 3 is 1.92 bits per heavy atom. The Balaban J connectivity index is 4.09. The Kier molecular flexibility index (Phi) is 4.95. The third kappa shape index (κ3) is 2.84. The normalized spacial score (nSPS) is 18.4. The minimum Gasteiger partial charge on any atom is -0.394 e. The second-order valence-corrected chi connectivity index (χ2v) is 2.30. The van der Waals surface area contributed by atoms with Crippen molar-refractivity contribution in [2.75, 3.05) is 13.2 Å². The molecule has 0 heterocycles. The molecule has 12 heavy (non-hydrogen) atoms. The Bertz CT molecular complexity index is 147. The van der Waals surface area contributed by atoms with E-state index in [1.165, 1.54) is 0 Å². The molecule has 72 valence electrons. The number of ketones is 1. The molecule has 0 aliphatic rings. The molecule has 0 aromatic carbocycles. The molecule has 0 radical (unpaired) electrons. The molecule has 0 spiro atoms. The molecule has 0 unspecified atom stereocenters. The van der Waals surface area contributed by atoms with Crippen molar-refractivity contribution in [2.45, 2.75) is 18.3 Å². The Morgan fingerprint density at radius 2 is 1.58 bits per heavy atom. The van der Waals surface area contributed by atoms with E-state index in [2.05, 4.69) is 0 Å². The predicted molar refractivity (Wildman–Crippen MR) is 37.2 cm³/mol. The smallest absolute Gasteiger partial charge is 0.194 e. The molecule has 0 aromatic rings. The largest absolute Gasteiger partial charge is 0.394 e. The van der Waals surface area contributed by atoms with Gasteiger partial charge in [0.2, 0.25) is 0 Å². The van der Waals surface area contributed by atoms with Gasteiger partial charge in [-0.25, -0.2) is 0 Å². The van der Waals surface area contributed by atoms with Gasteiger partial charge < -0.3 is 25.5 Å². The summed E-state index contributed by atoms with van der Waals surface area (Å²) in [5.41, 5.74) is 0. The van der Waals surface area contributed by atoms with E-state index in [1.54, 1.807) is 0 Å². The first-order valence-electron chi connectivity index (χ1n) is 3.34. The fraction of sp³-hybridized carbons (Fsp3) is 0.833. The summed E-state index contributed by atoms with van der Waals surface area (Å²) in [6.07, 6.45) is -5.21. The number of carbonyl (C=O) groups is 1. The van der Waals surface area contributed by atoms with Crippen molar-refractivity contribution in [3.05, 3.63) is 0 Å². The first-order valence-corrected chi connectivity index (χ1v) is 3.34. The van der Waals surface area contributed by atoms with Crippen molar-refractivity contribution in [1.82, 2.24) is 0 Å². The molecular weight excluding hydrogens is 169 g/mol. The van der Waals surface area contributed by atoms with Gasteiger partial charge in [-0.3, -0.25) is 4.79 Å². The summed E-state index contributed by atoms with van der Waals surface area (Å²) in [5.74, 6) is -1.11. The Hall–Kier alpha value is -0.530. The summed E-state index contributed by atoms with van der Waals surface area (Å²) in [6.45, 7) is -1.61. The van der Waals surface area contributed by atoms with E-state index in [-0.39, 0.29) is 0 Å². The van der Waals surface area contributed by atoms with Crippen molar-refractivity contribution in [1.29, 1.82) is 0 Å². The average molecular weight is 181 g/mol. The zero-order valence-electron chi connectivity index (χ0n) is 6.29. The van der Waals surface area contributed by atoms with Gasteiger partial charge in [-0.1, -0.05) is 0 Å². The van der Waals surface area contributed by atoms with Crippen LogP contribution >= 0.6 is 0 Å². The van der Waals surface area contributed by atoms with E-state index in [0.717, 1.165) is 0 Å². The van der Waals surface area contributed by atoms with E-state index >= 15 is 0 Å². The van der Waals surface area contributed by atoms with E-state index in [4.69, 9.17) is 25.5 Å². The Morgan fingerprint density at radius 1 is 1.08 bits per heavy atom. The number of carbonyl (C=O) groups excluding carboxylic acids is 1. The van der Waals surface area contributed by atoms with Crippen LogP contribution < -0.4 is 0 Å². The van der Waals surface area contributed by atoms with Crippen LogP contribution in [0.15, 0.2) is 0 Å². The molecule has 0 aliphatic carbocycles. The number of rotatable bonds is 5. The molecule has 0 saturated heterocycles. The average Bonchev–Trinajstić information content (AvgIpc) is 2.12. The van der Waals surface area contributed by atoms with E-state index in [9.17, 15) is 4.79 Å². The molecule has 0 fully saturated rings. The van der Waals surface area contributed by atoms with Gasteiger partial charge in [0.1, 0.15) is 18.3 Å². The second kappa shape index (κ2) is 5.18. The topological polar surface area (TPSA) is 118 Å². The van der Waals surface area contributed by atoms with Crippen molar-refractivity contribution < 1.29 is 30.3 Å². The minimum atomic E-state index is -1.86. The molecule has 0 amide bonds. The van der Waals surface area contributed by atoms with Gasteiger partial charge in [-0.05, 0) is 0 Å². The van der Waals surface area contributed by atoms with Crippen molar-refractivity contribution >= 4 is 5.78 Å². The molecule has 0 aromatic heterocycles. The van der Waals surface area contributed by atoms with Gasteiger partial charge in [0, 0.05) is 0 Å². The quantitative estimate of drug-likeness (QED) is 0.282. The van der Waals surface area contributed by atoms with Crippen LogP contribution in [0.25, 0.3) is 0 Å². The lowest BCUT2D eigenvalue weighted by Gasteiger charge is -2.16. The van der Waals surface area contributed by atoms with Crippen LogP contribution in [-0.2, 0) is 4.79 Å². The molecule has 0 bridgehead atoms. The highest BCUT2D eigenvalue weighted by Crippen LogP contribution is 1.98. The monoisotopic (exact) mass is 181 g/mol. The number of Topliss-reactive ketones (excluding diaryl/α,β-unsaturated/α-hetero) is 1. The zero-order chi connectivity index (χ0) is 9.72. The first-order chi connectivity index (χ1) is 5.54. The Labute approximate surface area is 68.7 Å². The predicted octanol–water partition coefficient (Wildman–Crippen LogP) is -3.38. The lowest BCUT2D eigenvalue weighted by molar-refractivity contribution is -0.144. The maximum atomic E-state index is 10.7. The summed E-state index contributed by atoms with van der Waals surface area (Å²) in [7, 11) is 0. The second-order valence-electron chi connectivity index (χ2n) is 2.30. The lowest BCUT2D eigenvalue weighted by atomic mass is 10.2. The van der Waals surface area contributed by atoms with Gasteiger partial charge in [0.05, 0.1) is 13.2 Å². The van der Waals surface area contributed by atoms with Crippen molar-refractivity contribution in [3.8, 4) is 0 Å². The highest BCUT2D eigenvalue weighted by atomic mass is 16.4. The molecule has 3 atom stereocenters. The summed E-state index contributed by atoms with van der Waals surface area (Å²) in [6, 6.07) is 0. The molecule has 0 rings (SSSR count). The standard InChI is InChI=1S/C6H12O6/c7-1-3(9)5(11)6(12)4(10)2-8/h3-5,7-11H,1-2H2/t3-,4+,5-/m1/s1/i3+1. The highest BCUT2D eigenvalue weighted by Gasteiger charge is 2.28. The fourth-order valence-electron chi connectivity index (χ4n) is 0.577. The maximum absolute atomic E-state index is 10.7. The molecule has 6 heteroatoms. The molecule has 5 N–H and O–H groups in total. The van der Waals surface area contributed by atoms with Crippen LogP contribution in [0.1, 0.15) is 0 Å². The van der Waals surface area contributed by atoms with Gasteiger partial charge in [-0.2, -0.15) is 0 Å². The fourth-order valence-corrected chi connectivity index (χ4v) is 0.577. The van der Waals surface area contributed by atoms with E-state index in [0.29, 0.717) is 0 Å². The first kappa shape index (κ1) is 11.5. The number of hydrogen-bond donors (Lipinski definition) is 5. The van der Waals surface area contributed by atoms with Crippen LogP contribution in [0.4, 0.5) is 0 Å². The minimum absolute atomic E-state index is 0.787. The third-order valence-corrected chi connectivity index (χ3v) is 1.34. The van der Waals surface area contributed by atoms with E-state index < -0.39 is 37.3 Å². The van der Waals surface area contributed by atoms with Gasteiger partial charge in [0.25, 0.3) is 0 Å². The van der Waals surface area contributed by atoms with Crippen LogP contribution in [0, 0.1) is 0 Å². The SMILES string of the molecule is O=C([C@@H](O)CO)[C@H](O)[13C@H](O)CO. The zero-order valence-corrected chi connectivity index (χ0v) is 6.29. The molecule has 6 nitrogen and oxygen atoms in total. The molecule has 0 saturated carbocycles. The van der Waals surface area contributed by atoms with Crippen molar-refractivity contribution in [3.63, 3.8) is 0 Å². The lowest BCUT2D eigenvalue weighted by Crippen LogP contribution is -2.43. The van der Waals surface area contributed by atoms with Gasteiger partial charge in [-0.15, -0.1) is 0 Å². The molecule has 0 aliphatic heterocycles. The summed E-state index contributed by atoms with van der Waals surface area (Å²) in [4.78, 5) is 10.7. The van der Waals surface area contributed by atoms with Gasteiger partial charge >= 0.3 is 0 Å². The van der Waals surface area contributed by atoms with Crippen LogP contribution in [-0.4, -0.2) is 62.8 Å². The maximum Gasteiger partial charge on any atom is 0.194 e. The summed E-state index contributed by atoms with van der Waals surface area (Å²) in [5, 5.41) is 42.9. The summed E-state index contributed by atoms with van der Waals surface area (Å²) >= 11 is 0. The van der Waals surface area contributed by atoms with Crippen LogP contribution in [0.5, 0.6) is 0 Å². The highest BCUT2D eigenvalue weighted by molar-refractivity contribution is 5.87. The third-order valence-electron chi connectivity index (χ3n) is 1.34. The van der Waals surface area contributed by atoms with Gasteiger partial charge in [0.15, 0.2) is 5.78 Å². The number of hydrogen-bond acceptors (Lipinski definition) is 6. The number of aliphatic hydroxyl groups is 5. The summed E-state index contributed by atoms with van der Waals surface area (Å²) < 4.78 is 0. The number of aliphatic hydroxyl groups excluding tert-OH is 5. The van der Waals surface area contributed by atoms with Crippen molar-refractivity contribution in [2.24, 2.45) is 0 Å².